The van der Waals surface area contributed by atoms with Crippen LogP contribution in [0.15, 0.2) is 59.7 Å². The van der Waals surface area contributed by atoms with Gasteiger partial charge in [-0.3, -0.25) is 0 Å². The van der Waals surface area contributed by atoms with Gasteiger partial charge in [0, 0.05) is 22.3 Å². The number of hydrogen-bond acceptors (Lipinski definition) is 0. The molecule has 2 aromatic rings. The van der Waals surface area contributed by atoms with Gasteiger partial charge in [0.05, 0.1) is 0 Å². The minimum Gasteiger partial charge on any atom is -0.493 e. The van der Waals surface area contributed by atoms with E-state index in [0.29, 0.717) is 0 Å². The van der Waals surface area contributed by atoms with Gasteiger partial charge in [0.25, 0.3) is 0 Å². The molecule has 0 radical (unpaired) electrons. The Hall–Kier alpha value is -1.82. The summed E-state index contributed by atoms with van der Waals surface area (Å²) in [6, 6.07) is 18.0. The zero-order valence-corrected chi connectivity index (χ0v) is 57.0. The minimum atomic E-state index is 0. The van der Waals surface area contributed by atoms with Crippen LogP contribution in [0.5, 0.6) is 0 Å². The first-order valence-electron chi connectivity index (χ1n) is 36.2. The molecule has 81 heavy (non-hydrogen) atoms. The van der Waals surface area contributed by atoms with Crippen molar-refractivity contribution >= 4 is 11.4 Å². The van der Waals surface area contributed by atoms with Crippen LogP contribution in [-0.2, 0) is 33.3 Å². The van der Waals surface area contributed by atoms with E-state index in [1.165, 1.54) is 305 Å². The molecule has 1 aliphatic heterocycles. The Morgan fingerprint density at radius 2 is 0.556 bits per heavy atom. The van der Waals surface area contributed by atoms with Crippen molar-refractivity contribution in [3.8, 4) is 0 Å². The van der Waals surface area contributed by atoms with Crippen molar-refractivity contribution in [1.29, 1.82) is 0 Å². The Kier molecular flexibility index (Phi) is 59.9. The molecule has 0 spiro atoms. The van der Waals surface area contributed by atoms with Gasteiger partial charge in [0.15, 0.2) is 0 Å². The van der Waals surface area contributed by atoms with E-state index in [0.717, 1.165) is 86.7 Å². The van der Waals surface area contributed by atoms with E-state index in [1.54, 1.807) is 4.70 Å². The summed E-state index contributed by atoms with van der Waals surface area (Å²) in [6.45, 7) is 21.4. The third-order valence-corrected chi connectivity index (χ3v) is 17.2. The summed E-state index contributed by atoms with van der Waals surface area (Å²) in [4.78, 5) is 0. The maximum Gasteiger partial charge on any atom is 2.00 e. The first-order valence-corrected chi connectivity index (χ1v) is 36.2. The molecule has 0 saturated carbocycles. The van der Waals surface area contributed by atoms with E-state index >= 15 is 0 Å². The molecule has 3 heteroatoms. The molecule has 3 rings (SSSR count). The van der Waals surface area contributed by atoms with Crippen LogP contribution >= 0.6 is 0 Å². The van der Waals surface area contributed by atoms with Gasteiger partial charge < -0.3 is 19.4 Å². The molecular weight excluding hydrogens is 1070 g/mol. The molecular formula is C78H138N2Pd. The van der Waals surface area contributed by atoms with E-state index < -0.39 is 0 Å². The summed E-state index contributed by atoms with van der Waals surface area (Å²) in [7, 11) is 0. The second kappa shape index (κ2) is 61.3. The third-order valence-electron chi connectivity index (χ3n) is 17.2. The number of hydrogen-bond donors (Lipinski definition) is 0. The van der Waals surface area contributed by atoms with E-state index in [1.807, 2.05) is 0 Å². The van der Waals surface area contributed by atoms with Crippen molar-refractivity contribution in [2.24, 2.45) is 0 Å². The van der Waals surface area contributed by atoms with Crippen LogP contribution in [0.25, 0.3) is 16.9 Å². The summed E-state index contributed by atoms with van der Waals surface area (Å²) >= 11 is 0. The number of allylic oxidation sites excluding steroid dienone is 2. The first kappa shape index (κ1) is 79.2. The average molecular weight is 1210 g/mol. The smallest absolute Gasteiger partial charge is 0.493 e. The van der Waals surface area contributed by atoms with Crippen LogP contribution in [0, 0.1) is 13.8 Å². The molecule has 0 aromatic heterocycles. The van der Waals surface area contributed by atoms with Crippen molar-refractivity contribution < 1.29 is 25.1 Å². The largest absolute Gasteiger partial charge is 2.00 e. The zero-order chi connectivity index (χ0) is 58.0. The molecule has 0 saturated heterocycles. The topological polar surface area (TPSA) is 25.3 Å². The van der Waals surface area contributed by atoms with Crippen molar-refractivity contribution in [3.05, 3.63) is 101 Å². The average Bonchev–Trinajstić information content (AvgIpc) is 3.77. The molecule has 0 atom stereocenters. The molecule has 1 heterocycles. The monoisotopic (exact) mass is 1210 g/mol. The maximum atomic E-state index is 11.8. The molecule has 0 bridgehead atoms. The number of benzene rings is 2. The van der Waals surface area contributed by atoms with Crippen molar-refractivity contribution in [2.75, 3.05) is 0 Å². The van der Waals surface area contributed by atoms with Gasteiger partial charge in [0.1, 0.15) is 0 Å². The van der Waals surface area contributed by atoms with E-state index in [-0.39, 0.29) is 20.4 Å². The van der Waals surface area contributed by atoms with Crippen LogP contribution in [-0.4, -0.2) is 4.70 Å². The van der Waals surface area contributed by atoms with Crippen LogP contribution in [0.3, 0.4) is 0 Å². The number of nitrogens with zero attached hydrogens (tertiary/aromatic N) is 2. The van der Waals surface area contributed by atoms with Gasteiger partial charge >= 0.3 is 20.4 Å². The van der Waals surface area contributed by atoms with Crippen molar-refractivity contribution in [1.82, 2.24) is 0 Å². The summed E-state index contributed by atoms with van der Waals surface area (Å²) in [5.74, 6) is 0. The first-order chi connectivity index (χ1) is 39.5. The second-order valence-electron chi connectivity index (χ2n) is 24.9. The predicted molar refractivity (Wildman–Crippen MR) is 363 cm³/mol. The quantitative estimate of drug-likeness (QED) is 0.0273. The van der Waals surface area contributed by atoms with Crippen LogP contribution in [0.1, 0.15) is 398 Å². The van der Waals surface area contributed by atoms with E-state index in [2.05, 4.69) is 104 Å². The summed E-state index contributed by atoms with van der Waals surface area (Å²) < 4.78 is 1.54. The Bertz CT molecular complexity index is 1630. The molecule has 0 unspecified atom stereocenters. The second-order valence-corrected chi connectivity index (χ2v) is 24.9. The van der Waals surface area contributed by atoms with Gasteiger partial charge in [-0.1, -0.05) is 348 Å². The molecule has 2 nitrogen and oxygen atoms in total. The number of unbranched alkanes of at least 4 members (excludes halogenated alkanes) is 44. The number of aryl methyl sites for hydroxylation is 2. The molecule has 0 fully saturated rings. The van der Waals surface area contributed by atoms with Crippen LogP contribution in [0.4, 0.5) is 0 Å². The van der Waals surface area contributed by atoms with Gasteiger partial charge in [-0.2, -0.15) is 12.8 Å². The summed E-state index contributed by atoms with van der Waals surface area (Å²) in [6.07, 6.45) is 73.8. The normalized spacial score (nSPS) is 12.2. The Morgan fingerprint density at radius 1 is 0.284 bits per heavy atom. The van der Waals surface area contributed by atoms with E-state index in [9.17, 15) is 5.53 Å². The molecule has 1 aliphatic rings. The van der Waals surface area contributed by atoms with Crippen LogP contribution < -0.4 is 0 Å². The molecule has 0 amide bonds. The van der Waals surface area contributed by atoms with Gasteiger partial charge in [0.2, 0.25) is 11.4 Å². The Labute approximate surface area is 522 Å². The minimum absolute atomic E-state index is 0. The van der Waals surface area contributed by atoms with Crippen molar-refractivity contribution in [3.63, 3.8) is 0 Å². The molecule has 2 aromatic carbocycles. The SMILES string of the molecule is CCCCCCCCc1cccc(C2=C(CCCC)C(CCCC)=C(c3ccc(CCCC)cc3)[N+]2=[N-])c1.[CH2-]CCCCCCCCCCCCCCCCCCCC.[CH2-]CCCCCCCCCCCCCCCCCCCC.[Pd+2]. The van der Waals surface area contributed by atoms with E-state index in [4.69, 9.17) is 0 Å². The standard InChI is InChI=1S/C36H52N2.2C21H43.Pd/c1-5-9-13-14-15-16-19-30-20-17-21-32(28-30)36-34(23-12-8-4)33(22-11-7-3)35(38(36)37)31-26-24-29(25-27-31)18-10-6-2;2*1-3-5-7-9-11-13-15-17-19-21-20-18-16-14-12-10-8-6-4-2;/h17,20-21,24-28H,5-16,18-19,22-23H2,1-4H3;2*1,3-21H2,2H3;/q;2*-1;+2. The zero-order valence-electron chi connectivity index (χ0n) is 55.4. The summed E-state index contributed by atoms with van der Waals surface area (Å²) in [5, 5.41) is 0. The fourth-order valence-electron chi connectivity index (χ4n) is 11.8. The van der Waals surface area contributed by atoms with Gasteiger partial charge in [-0.15, -0.1) is 0 Å². The molecule has 0 aliphatic carbocycles. The summed E-state index contributed by atoms with van der Waals surface area (Å²) in [5.41, 5.74) is 21.6. The number of rotatable bonds is 54. The van der Waals surface area contributed by atoms with Gasteiger partial charge in [-0.25, -0.2) is 4.70 Å². The van der Waals surface area contributed by atoms with Crippen molar-refractivity contribution in [2.45, 2.75) is 388 Å². The fourth-order valence-corrected chi connectivity index (χ4v) is 11.8. The molecule has 0 N–H and O–H groups in total. The predicted octanol–water partition coefficient (Wildman–Crippen LogP) is 28.0. The third kappa shape index (κ3) is 43.5. The molecule has 470 valence electrons. The Morgan fingerprint density at radius 3 is 0.877 bits per heavy atom. The van der Waals surface area contributed by atoms with Crippen LogP contribution in [0.2, 0.25) is 0 Å². The fraction of sp³-hybridized carbons (Fsp3) is 0.769. The maximum absolute atomic E-state index is 11.8. The Balaban J connectivity index is 0.00000128. The van der Waals surface area contributed by atoms with Gasteiger partial charge in [-0.05, 0) is 86.8 Å².